The van der Waals surface area contributed by atoms with Gasteiger partial charge in [0.2, 0.25) is 0 Å². The van der Waals surface area contributed by atoms with Gasteiger partial charge < -0.3 is 32.6 Å². The third kappa shape index (κ3) is 14.5. The van der Waals surface area contributed by atoms with Gasteiger partial charge in [-0.2, -0.15) is 5.26 Å². The minimum atomic E-state index is -0.0920. The van der Waals surface area contributed by atoms with Crippen LogP contribution in [-0.4, -0.2) is 99.0 Å². The molecule has 0 saturated heterocycles. The fraction of sp³-hybridized carbons (Fsp3) is 0.141. The summed E-state index contributed by atoms with van der Waals surface area (Å²) in [4.78, 5) is 99.2. The Kier molecular flexibility index (Phi) is 19.4. The first kappa shape index (κ1) is 64.2. The highest BCUT2D eigenvalue weighted by atomic mass is 16.5. The van der Waals surface area contributed by atoms with E-state index in [-0.39, 0.29) is 46.8 Å². The minimum absolute atomic E-state index is 0.0539. The van der Waals surface area contributed by atoms with Crippen LogP contribution in [0.1, 0.15) is 105 Å². The molecule has 21 heteroatoms. The van der Waals surface area contributed by atoms with Gasteiger partial charge in [0.25, 0.3) is 5.91 Å². The van der Waals surface area contributed by atoms with Crippen molar-refractivity contribution < 1.29 is 28.7 Å². The average molecular weight is 1220 g/mol. The zero-order chi connectivity index (χ0) is 66.1. The summed E-state index contributed by atoms with van der Waals surface area (Å²) in [5.74, 6) is 1.59. The van der Waals surface area contributed by atoms with Crippen LogP contribution >= 0.6 is 0 Å². The van der Waals surface area contributed by atoms with Crippen LogP contribution in [-0.2, 0) is 0 Å². The molecule has 0 aliphatic heterocycles. The lowest BCUT2D eigenvalue weighted by Crippen LogP contribution is -2.21. The number of ether oxygens (including phenoxy) is 1. The number of rotatable bonds is 11. The number of carbonyl (C=O) groups is 5. The molecule has 21 nitrogen and oxygen atoms in total. The Morgan fingerprint density at radius 1 is 0.457 bits per heavy atom. The molecule has 0 aliphatic carbocycles. The Labute approximate surface area is 529 Å². The summed E-state index contributed by atoms with van der Waals surface area (Å²) in [6, 6.07) is 42.8. The van der Waals surface area contributed by atoms with Gasteiger partial charge in [-0.3, -0.25) is 29.0 Å². The predicted molar refractivity (Wildman–Crippen MR) is 359 cm³/mol. The molecule has 8 N–H and O–H groups in total. The van der Waals surface area contributed by atoms with Crippen LogP contribution in [0, 0.1) is 18.3 Å². The zero-order valence-electron chi connectivity index (χ0n) is 51.8. The lowest BCUT2D eigenvalue weighted by molar-refractivity contribution is 0.0826. The summed E-state index contributed by atoms with van der Waals surface area (Å²) in [6.45, 7) is 11.9. The minimum Gasteiger partial charge on any atom is -0.491 e. The number of benzene rings is 3. The number of Topliss-reactive ketones (excluding diaryl/α,β-unsaturated/α-hetero) is 4. The predicted octanol–water partition coefficient (Wildman–Crippen LogP) is 12.4. The third-order valence-electron chi connectivity index (χ3n) is 14.4. The molecule has 12 aromatic rings. The number of aromatic nitrogens is 9. The Morgan fingerprint density at radius 2 is 0.815 bits per heavy atom. The number of hydrogen-bond acceptors (Lipinski definition) is 20. The van der Waals surface area contributed by atoms with Gasteiger partial charge >= 0.3 is 0 Å². The van der Waals surface area contributed by atoms with E-state index in [0.29, 0.717) is 94.6 Å². The largest absolute Gasteiger partial charge is 0.491 e. The monoisotopic (exact) mass is 1220 g/mol. The van der Waals surface area contributed by atoms with Crippen molar-refractivity contribution in [3.63, 3.8) is 0 Å². The fourth-order valence-corrected chi connectivity index (χ4v) is 9.83. The Morgan fingerprint density at radius 3 is 1.17 bits per heavy atom. The summed E-state index contributed by atoms with van der Waals surface area (Å²) >= 11 is 0. The van der Waals surface area contributed by atoms with Crippen LogP contribution in [0.5, 0.6) is 5.75 Å². The zero-order valence-corrected chi connectivity index (χ0v) is 51.8. The normalized spacial score (nSPS) is 10.7. The molecular weight excluding hydrogens is 1160 g/mol. The highest BCUT2D eigenvalue weighted by Gasteiger charge is 2.18. The second-order valence-corrected chi connectivity index (χ2v) is 21.7. The van der Waals surface area contributed by atoms with E-state index in [0.717, 1.165) is 50.5 Å². The Balaban J connectivity index is 0.000000145. The summed E-state index contributed by atoms with van der Waals surface area (Å²) in [6.07, 6.45) is 7.78. The van der Waals surface area contributed by atoms with E-state index in [1.165, 1.54) is 57.4 Å². The van der Waals surface area contributed by atoms with Gasteiger partial charge in [-0.1, -0.05) is 36.4 Å². The molecule has 0 unspecified atom stereocenters. The number of fused-ring (bicyclic) bond motifs is 4. The maximum atomic E-state index is 12.2. The number of pyridine rings is 9. The first-order valence-electron chi connectivity index (χ1n) is 28.8. The van der Waals surface area contributed by atoms with Crippen molar-refractivity contribution in [3.8, 4) is 56.8 Å². The molecule has 9 heterocycles. The van der Waals surface area contributed by atoms with Crippen LogP contribution in [0.15, 0.2) is 164 Å². The number of nitrogens with two attached hydrogens (primary N) is 4. The molecule has 9 aromatic heterocycles. The van der Waals surface area contributed by atoms with E-state index in [2.05, 4.69) is 50.9 Å². The summed E-state index contributed by atoms with van der Waals surface area (Å²) in [5, 5.41) is 11.8. The molecule has 0 spiro atoms. The number of anilines is 4. The molecule has 0 fully saturated rings. The summed E-state index contributed by atoms with van der Waals surface area (Å²) < 4.78 is 5.73. The van der Waals surface area contributed by atoms with Crippen molar-refractivity contribution in [2.75, 3.05) is 37.0 Å². The molecule has 0 bridgehead atoms. The van der Waals surface area contributed by atoms with Crippen molar-refractivity contribution in [1.82, 2.24) is 49.8 Å². The molecular formula is C71H63N15O6. The number of nitrogen functional groups attached to an aromatic ring is 4. The fourth-order valence-electron chi connectivity index (χ4n) is 9.83. The van der Waals surface area contributed by atoms with E-state index in [1.54, 1.807) is 50.6 Å². The molecule has 0 radical (unpaired) electrons. The SMILES string of the molecule is CC(=O)c1cnc(N)c2nc(-c3cccc(C#N)c3)ccc12.CC(=O)c1cnc(N)c2nc(-c3cccc(C(=O)N(C)C)c3)ccc12.CC(=O)c1cnc(N)c2nc(-c3cccc(OC(C)C)c3)ccc12.CC(=O)c1cnc(N)c2nc(-c3ccnc(C)c3)ccc12. The molecule has 92 heavy (non-hydrogen) atoms. The van der Waals surface area contributed by atoms with Gasteiger partial charge in [-0.05, 0) is 146 Å². The smallest absolute Gasteiger partial charge is 0.253 e. The van der Waals surface area contributed by atoms with Crippen LogP contribution in [0.3, 0.4) is 0 Å². The van der Waals surface area contributed by atoms with Crippen molar-refractivity contribution in [3.05, 3.63) is 204 Å². The first-order chi connectivity index (χ1) is 44.0. The van der Waals surface area contributed by atoms with E-state index >= 15 is 0 Å². The quantitative estimate of drug-likeness (QED) is 0.0874. The molecule has 0 saturated carbocycles. The van der Waals surface area contributed by atoms with Crippen molar-refractivity contribution in [2.45, 2.75) is 54.6 Å². The van der Waals surface area contributed by atoms with Crippen molar-refractivity contribution >= 4 is 95.9 Å². The molecule has 12 rings (SSSR count). The van der Waals surface area contributed by atoms with E-state index < -0.39 is 0 Å². The number of carbonyl (C=O) groups excluding carboxylic acids is 5. The van der Waals surface area contributed by atoms with Crippen molar-refractivity contribution in [1.29, 1.82) is 5.26 Å². The molecule has 0 atom stereocenters. The topological polar surface area (TPSA) is 342 Å². The van der Waals surface area contributed by atoms with Crippen LogP contribution in [0.4, 0.5) is 23.3 Å². The number of nitriles is 1. The Bertz CT molecular complexity index is 4950. The standard InChI is InChI=1S/C19H18N4O2.C19H19N3O2.C17H12N4O.C16H14N4O/c1-11(24)15-10-21-18(20)17-14(15)7-8-16(22-17)12-5-4-6-13(9-12)19(25)23(2)3;1-11(2)24-14-6-4-5-13(9-14)17-8-7-15-16(12(3)23)10-21-19(20)18(15)22-17;1-10(22)14-9-20-17(19)16-13(14)5-6-15(21-16)12-4-2-3-11(7-12)8-18;1-9-7-11(5-6-18-9)14-4-3-12-13(10(2)21)8-19-16(17)15(12)20-14/h4-10H,1-3H3,(H2,20,21);4-11H,1-3H3,(H2,20,21);2-7,9H,1H3,(H2,19,20);3-8H,1-2H3,(H2,17,19). The van der Waals surface area contributed by atoms with Gasteiger partial charge in [-0.15, -0.1) is 0 Å². The van der Waals surface area contributed by atoms with Gasteiger partial charge in [0.15, 0.2) is 23.1 Å². The number of amides is 1. The second-order valence-electron chi connectivity index (χ2n) is 21.7. The maximum Gasteiger partial charge on any atom is 0.253 e. The maximum absolute atomic E-state index is 12.2. The van der Waals surface area contributed by atoms with Crippen LogP contribution in [0.25, 0.3) is 88.6 Å². The van der Waals surface area contributed by atoms with E-state index in [4.69, 9.17) is 32.9 Å². The van der Waals surface area contributed by atoms with Gasteiger partial charge in [0, 0.05) is 122 Å². The van der Waals surface area contributed by atoms with Crippen LogP contribution < -0.4 is 27.7 Å². The highest BCUT2D eigenvalue weighted by molar-refractivity contribution is 6.11. The molecule has 3 aromatic carbocycles. The molecule has 0 aliphatic rings. The lowest BCUT2D eigenvalue weighted by Gasteiger charge is -2.12. The van der Waals surface area contributed by atoms with Gasteiger partial charge in [0.1, 0.15) is 51.1 Å². The Hall–Kier alpha value is -12.3. The van der Waals surface area contributed by atoms with E-state index in [9.17, 15) is 24.0 Å². The average Bonchev–Trinajstić information content (AvgIpc) is 0.851. The second kappa shape index (κ2) is 27.8. The first-order valence-corrected chi connectivity index (χ1v) is 28.8. The highest BCUT2D eigenvalue weighted by Crippen LogP contribution is 2.32. The third-order valence-corrected chi connectivity index (χ3v) is 14.4. The lowest BCUT2D eigenvalue weighted by atomic mass is 10.0. The number of aryl methyl sites for hydroxylation is 1. The molecule has 1 amide bonds. The number of hydrogen-bond donors (Lipinski definition) is 4. The molecule has 458 valence electrons. The summed E-state index contributed by atoms with van der Waals surface area (Å²) in [7, 11) is 3.41. The van der Waals surface area contributed by atoms with Gasteiger partial charge in [0.05, 0.1) is 40.5 Å². The van der Waals surface area contributed by atoms with Crippen molar-refractivity contribution in [2.24, 2.45) is 0 Å². The van der Waals surface area contributed by atoms with Gasteiger partial charge in [-0.25, -0.2) is 39.9 Å². The number of nitrogens with zero attached hydrogens (tertiary/aromatic N) is 11. The van der Waals surface area contributed by atoms with Crippen LogP contribution in [0.2, 0.25) is 0 Å². The summed E-state index contributed by atoms with van der Waals surface area (Å²) in [5.41, 5.74) is 36.2. The number of ketones is 4. The van der Waals surface area contributed by atoms with E-state index in [1.807, 2.05) is 124 Å².